The zero-order chi connectivity index (χ0) is 24.6. The second kappa shape index (κ2) is 11.5. The summed E-state index contributed by atoms with van der Waals surface area (Å²) in [5, 5.41) is 2.78. The number of benzene rings is 3. The lowest BCUT2D eigenvalue weighted by Gasteiger charge is -2.22. The molecule has 3 rings (SSSR count). The second-order valence-electron chi connectivity index (χ2n) is 7.40. The van der Waals surface area contributed by atoms with E-state index in [0.717, 1.165) is 15.4 Å². The molecule has 34 heavy (non-hydrogen) atoms. The lowest BCUT2D eigenvalue weighted by atomic mass is 10.2. The molecule has 9 heteroatoms. The molecule has 0 heterocycles. The molecule has 0 radical (unpaired) electrons. The Bertz CT molecular complexity index is 1200. The number of carbonyl (C=O) groups is 1. The molecule has 0 aromatic heterocycles. The zero-order valence-electron chi connectivity index (χ0n) is 19.4. The van der Waals surface area contributed by atoms with Gasteiger partial charge >= 0.3 is 0 Å². The molecule has 3 aromatic carbocycles. The summed E-state index contributed by atoms with van der Waals surface area (Å²) in [6.45, 7) is -0.0729. The van der Waals surface area contributed by atoms with E-state index in [1.807, 2.05) is 30.3 Å². The number of carbonyl (C=O) groups excluding carboxylic acids is 1. The summed E-state index contributed by atoms with van der Waals surface area (Å²) in [7, 11) is 0.645. The molecule has 1 N–H and O–H groups in total. The molecule has 0 fully saturated rings. The number of sulfonamides is 1. The van der Waals surface area contributed by atoms with E-state index < -0.39 is 15.9 Å². The van der Waals surface area contributed by atoms with E-state index in [2.05, 4.69) is 5.32 Å². The van der Waals surface area contributed by atoms with Gasteiger partial charge in [0.25, 0.3) is 0 Å². The molecule has 0 aliphatic heterocycles. The van der Waals surface area contributed by atoms with Crippen molar-refractivity contribution >= 4 is 15.9 Å². The fourth-order valence-electron chi connectivity index (χ4n) is 3.32. The van der Waals surface area contributed by atoms with Crippen LogP contribution in [0.4, 0.5) is 0 Å². The van der Waals surface area contributed by atoms with Gasteiger partial charge in [0.15, 0.2) is 11.5 Å². The van der Waals surface area contributed by atoms with Crippen LogP contribution >= 0.6 is 0 Å². The summed E-state index contributed by atoms with van der Waals surface area (Å²) in [6.07, 6.45) is 0. The monoisotopic (exact) mass is 484 g/mol. The van der Waals surface area contributed by atoms with Crippen LogP contribution in [0.1, 0.15) is 11.1 Å². The Hall–Kier alpha value is -3.56. The number of nitrogens with one attached hydrogen (secondary N) is 1. The lowest BCUT2D eigenvalue weighted by Crippen LogP contribution is -2.40. The second-order valence-corrected chi connectivity index (χ2v) is 9.34. The van der Waals surface area contributed by atoms with Crippen molar-refractivity contribution in [3.8, 4) is 17.2 Å². The molecule has 0 spiro atoms. The molecule has 0 saturated carbocycles. The Balaban J connectivity index is 1.77. The van der Waals surface area contributed by atoms with Crippen molar-refractivity contribution in [2.45, 2.75) is 18.0 Å². The van der Waals surface area contributed by atoms with Crippen molar-refractivity contribution in [1.82, 2.24) is 9.62 Å². The summed E-state index contributed by atoms with van der Waals surface area (Å²) in [6, 6.07) is 20.5. The van der Waals surface area contributed by atoms with Gasteiger partial charge in [-0.2, -0.15) is 4.31 Å². The molecule has 1 amide bonds. The minimum Gasteiger partial charge on any atom is -0.497 e. The van der Waals surface area contributed by atoms with E-state index in [9.17, 15) is 13.2 Å². The van der Waals surface area contributed by atoms with E-state index in [1.165, 1.54) is 26.4 Å². The van der Waals surface area contributed by atoms with Crippen molar-refractivity contribution in [2.75, 3.05) is 27.9 Å². The molecular formula is C25H28N2O6S. The van der Waals surface area contributed by atoms with Crippen molar-refractivity contribution in [2.24, 2.45) is 0 Å². The molecule has 3 aromatic rings. The molecule has 0 unspecified atom stereocenters. The number of hydrogen-bond acceptors (Lipinski definition) is 6. The highest BCUT2D eigenvalue weighted by atomic mass is 32.2. The summed E-state index contributed by atoms with van der Waals surface area (Å²) in [5.41, 5.74) is 1.56. The van der Waals surface area contributed by atoms with Crippen molar-refractivity contribution in [3.05, 3.63) is 83.9 Å². The highest BCUT2D eigenvalue weighted by Gasteiger charge is 2.27. The third-order valence-corrected chi connectivity index (χ3v) is 6.96. The van der Waals surface area contributed by atoms with Gasteiger partial charge in [-0.05, 0) is 47.5 Å². The van der Waals surface area contributed by atoms with Crippen LogP contribution in [-0.2, 0) is 27.9 Å². The van der Waals surface area contributed by atoms with Crippen LogP contribution in [0.3, 0.4) is 0 Å². The maximum atomic E-state index is 13.4. The number of ether oxygens (including phenoxy) is 3. The maximum absolute atomic E-state index is 13.4. The van der Waals surface area contributed by atoms with Gasteiger partial charge in [0.05, 0.1) is 32.8 Å². The largest absolute Gasteiger partial charge is 0.497 e. The number of amides is 1. The van der Waals surface area contributed by atoms with E-state index in [1.54, 1.807) is 37.4 Å². The third-order valence-electron chi connectivity index (χ3n) is 5.16. The van der Waals surface area contributed by atoms with Gasteiger partial charge in [0, 0.05) is 13.1 Å². The Kier molecular flexibility index (Phi) is 8.50. The fraction of sp³-hybridized carbons (Fsp3) is 0.240. The molecule has 8 nitrogen and oxygen atoms in total. The van der Waals surface area contributed by atoms with E-state index in [0.29, 0.717) is 17.2 Å². The van der Waals surface area contributed by atoms with Crippen LogP contribution < -0.4 is 19.5 Å². The van der Waals surface area contributed by atoms with Crippen molar-refractivity contribution in [1.29, 1.82) is 0 Å². The molecule has 0 aliphatic rings. The Morgan fingerprint density at radius 2 is 1.50 bits per heavy atom. The van der Waals surface area contributed by atoms with Crippen molar-refractivity contribution < 1.29 is 27.4 Å². The average molecular weight is 485 g/mol. The van der Waals surface area contributed by atoms with Gasteiger partial charge in [-0.1, -0.05) is 36.4 Å². The SMILES string of the molecule is COc1ccc(S(=O)(=O)N(CC(=O)NCc2ccc(OC)c(OC)c2)Cc2ccccc2)cc1. The number of methoxy groups -OCH3 is 3. The molecule has 0 bridgehead atoms. The Morgan fingerprint density at radius 1 is 0.824 bits per heavy atom. The molecule has 180 valence electrons. The molecular weight excluding hydrogens is 456 g/mol. The normalized spacial score (nSPS) is 11.2. The number of hydrogen-bond donors (Lipinski definition) is 1. The summed E-state index contributed by atoms with van der Waals surface area (Å²) in [5.74, 6) is 1.24. The van der Waals surface area contributed by atoms with Gasteiger partial charge < -0.3 is 19.5 Å². The summed E-state index contributed by atoms with van der Waals surface area (Å²) < 4.78 is 43.5. The predicted octanol–water partition coefficient (Wildman–Crippen LogP) is 3.22. The van der Waals surface area contributed by atoms with Crippen LogP contribution in [0.2, 0.25) is 0 Å². The highest BCUT2D eigenvalue weighted by Crippen LogP contribution is 2.27. The summed E-state index contributed by atoms with van der Waals surface area (Å²) >= 11 is 0. The minimum atomic E-state index is -3.94. The van der Waals surface area contributed by atoms with Crippen LogP contribution in [0, 0.1) is 0 Å². The first-order valence-corrected chi connectivity index (χ1v) is 12.0. The minimum absolute atomic E-state index is 0.0545. The number of rotatable bonds is 11. The smallest absolute Gasteiger partial charge is 0.243 e. The third kappa shape index (κ3) is 6.27. The van der Waals surface area contributed by atoms with Gasteiger partial charge in [0.2, 0.25) is 15.9 Å². The van der Waals surface area contributed by atoms with E-state index >= 15 is 0 Å². The van der Waals surface area contributed by atoms with E-state index in [-0.39, 0.29) is 24.5 Å². The zero-order valence-corrected chi connectivity index (χ0v) is 20.2. The molecule has 0 aliphatic carbocycles. The first-order valence-electron chi connectivity index (χ1n) is 10.5. The topological polar surface area (TPSA) is 94.2 Å². The van der Waals surface area contributed by atoms with Gasteiger partial charge in [-0.15, -0.1) is 0 Å². The highest BCUT2D eigenvalue weighted by molar-refractivity contribution is 7.89. The van der Waals surface area contributed by atoms with E-state index in [4.69, 9.17) is 14.2 Å². The first kappa shape index (κ1) is 25.1. The van der Waals surface area contributed by atoms with Crippen LogP contribution in [0.25, 0.3) is 0 Å². The Labute approximate surface area is 200 Å². The van der Waals surface area contributed by atoms with Crippen LogP contribution in [0.15, 0.2) is 77.7 Å². The average Bonchev–Trinajstić information content (AvgIpc) is 2.87. The van der Waals surface area contributed by atoms with Crippen LogP contribution in [-0.4, -0.2) is 46.5 Å². The fourth-order valence-corrected chi connectivity index (χ4v) is 4.70. The first-order chi connectivity index (χ1) is 16.4. The quantitative estimate of drug-likeness (QED) is 0.449. The Morgan fingerprint density at radius 3 is 2.12 bits per heavy atom. The van der Waals surface area contributed by atoms with Crippen LogP contribution in [0.5, 0.6) is 17.2 Å². The molecule has 0 saturated heterocycles. The van der Waals surface area contributed by atoms with Gasteiger partial charge in [-0.25, -0.2) is 8.42 Å². The maximum Gasteiger partial charge on any atom is 0.243 e. The van der Waals surface area contributed by atoms with Gasteiger partial charge in [0.1, 0.15) is 5.75 Å². The standard InChI is InChI=1S/C25H28N2O6S/c1-31-21-10-12-22(13-11-21)34(29,30)27(17-19-7-5-4-6-8-19)18-25(28)26-16-20-9-14-23(32-2)24(15-20)33-3/h4-15H,16-18H2,1-3H3,(H,26,28). The number of nitrogens with zero attached hydrogens (tertiary/aromatic N) is 1. The lowest BCUT2D eigenvalue weighted by molar-refractivity contribution is -0.121. The predicted molar refractivity (Wildman–Crippen MR) is 128 cm³/mol. The van der Waals surface area contributed by atoms with Crippen molar-refractivity contribution in [3.63, 3.8) is 0 Å². The summed E-state index contributed by atoms with van der Waals surface area (Å²) in [4.78, 5) is 12.9. The van der Waals surface area contributed by atoms with Gasteiger partial charge in [-0.3, -0.25) is 4.79 Å². The molecule has 0 atom stereocenters.